The molecule has 1 amide bonds. The van der Waals surface area contributed by atoms with Gasteiger partial charge in [0.25, 0.3) is 0 Å². The lowest BCUT2D eigenvalue weighted by Crippen LogP contribution is -2.27. The largest absolute Gasteiger partial charge is 0.345 e. The van der Waals surface area contributed by atoms with Crippen LogP contribution >= 0.6 is 0 Å². The van der Waals surface area contributed by atoms with Crippen molar-refractivity contribution in [3.05, 3.63) is 0 Å². The van der Waals surface area contributed by atoms with Gasteiger partial charge in [0.15, 0.2) is 0 Å². The van der Waals surface area contributed by atoms with Crippen LogP contribution in [-0.4, -0.2) is 24.4 Å². The van der Waals surface area contributed by atoms with Gasteiger partial charge in [0.2, 0.25) is 6.41 Å². The third kappa shape index (κ3) is 2.84. The molecule has 0 unspecified atom stereocenters. The summed E-state index contributed by atoms with van der Waals surface area (Å²) < 4.78 is 0. The van der Waals surface area contributed by atoms with Crippen molar-refractivity contribution < 1.29 is 4.79 Å². The second-order valence-corrected chi connectivity index (χ2v) is 3.73. The van der Waals surface area contributed by atoms with Crippen LogP contribution in [0.3, 0.4) is 0 Å². The summed E-state index contributed by atoms with van der Waals surface area (Å²) in [6, 6.07) is 0. The quantitative estimate of drug-likeness (QED) is 0.557. The zero-order chi connectivity index (χ0) is 8.81. The minimum Gasteiger partial charge on any atom is -0.345 e. The maximum absolute atomic E-state index is 10.5. The van der Waals surface area contributed by atoms with E-state index in [0.29, 0.717) is 0 Å². The summed E-state index contributed by atoms with van der Waals surface area (Å²) in [7, 11) is 0. The van der Waals surface area contributed by atoms with E-state index in [9.17, 15) is 4.79 Å². The molecule has 0 bridgehead atoms. The highest BCUT2D eigenvalue weighted by atomic mass is 16.1. The summed E-state index contributed by atoms with van der Waals surface area (Å²) in [6.45, 7) is 4.01. The van der Waals surface area contributed by atoms with E-state index in [1.807, 2.05) is 4.90 Å². The summed E-state index contributed by atoms with van der Waals surface area (Å²) in [5.41, 5.74) is 0. The topological polar surface area (TPSA) is 20.3 Å². The molecule has 12 heavy (non-hydrogen) atoms. The fourth-order valence-electron chi connectivity index (χ4n) is 1.63. The standard InChI is InChI=1S/C10H19NO/c1-2-7-11(9-12)8-6-10-4-3-5-10/h9-10H,2-8H2,1H3. The Hall–Kier alpha value is -0.530. The molecule has 0 N–H and O–H groups in total. The molecule has 0 aliphatic heterocycles. The van der Waals surface area contributed by atoms with Gasteiger partial charge in [-0.25, -0.2) is 0 Å². The van der Waals surface area contributed by atoms with Gasteiger partial charge < -0.3 is 4.90 Å². The number of amides is 1. The van der Waals surface area contributed by atoms with Gasteiger partial charge >= 0.3 is 0 Å². The molecule has 1 aliphatic rings. The van der Waals surface area contributed by atoms with Gasteiger partial charge in [0.1, 0.15) is 0 Å². The van der Waals surface area contributed by atoms with Crippen LogP contribution in [0.5, 0.6) is 0 Å². The Balaban J connectivity index is 2.04. The third-order valence-corrected chi connectivity index (χ3v) is 2.71. The van der Waals surface area contributed by atoms with Crippen LogP contribution in [0.2, 0.25) is 0 Å². The van der Waals surface area contributed by atoms with E-state index >= 15 is 0 Å². The number of carbonyl (C=O) groups is 1. The molecule has 0 heterocycles. The van der Waals surface area contributed by atoms with E-state index in [0.717, 1.165) is 31.8 Å². The molecule has 0 aromatic heterocycles. The Morgan fingerprint density at radius 2 is 2.17 bits per heavy atom. The first kappa shape index (κ1) is 9.56. The molecule has 1 aliphatic carbocycles. The zero-order valence-corrected chi connectivity index (χ0v) is 7.96. The predicted molar refractivity (Wildman–Crippen MR) is 49.9 cm³/mol. The third-order valence-electron chi connectivity index (χ3n) is 2.71. The molecule has 0 aromatic carbocycles. The monoisotopic (exact) mass is 169 g/mol. The van der Waals surface area contributed by atoms with Gasteiger partial charge in [-0.15, -0.1) is 0 Å². The fourth-order valence-corrected chi connectivity index (χ4v) is 1.63. The maximum Gasteiger partial charge on any atom is 0.209 e. The van der Waals surface area contributed by atoms with Crippen molar-refractivity contribution in [2.24, 2.45) is 5.92 Å². The van der Waals surface area contributed by atoms with E-state index in [4.69, 9.17) is 0 Å². The number of hydrogen-bond donors (Lipinski definition) is 0. The van der Waals surface area contributed by atoms with E-state index in [-0.39, 0.29) is 0 Å². The van der Waals surface area contributed by atoms with E-state index < -0.39 is 0 Å². The molecule has 1 fully saturated rings. The number of carbonyl (C=O) groups excluding carboxylic acids is 1. The van der Waals surface area contributed by atoms with Gasteiger partial charge in [-0.2, -0.15) is 0 Å². The molecule has 1 rings (SSSR count). The molecule has 0 radical (unpaired) electrons. The summed E-state index contributed by atoms with van der Waals surface area (Å²) in [5.74, 6) is 0.921. The zero-order valence-electron chi connectivity index (χ0n) is 7.96. The number of nitrogens with zero attached hydrogens (tertiary/aromatic N) is 1. The summed E-state index contributed by atoms with van der Waals surface area (Å²) >= 11 is 0. The molecule has 0 aromatic rings. The smallest absolute Gasteiger partial charge is 0.209 e. The van der Waals surface area contributed by atoms with Crippen LogP contribution in [0, 0.1) is 5.92 Å². The molecule has 2 heteroatoms. The Labute approximate surface area is 74.9 Å². The van der Waals surface area contributed by atoms with Crippen molar-refractivity contribution in [3.63, 3.8) is 0 Å². The highest BCUT2D eigenvalue weighted by molar-refractivity contribution is 5.46. The number of hydrogen-bond acceptors (Lipinski definition) is 1. The summed E-state index contributed by atoms with van der Waals surface area (Å²) in [5, 5.41) is 0. The lowest BCUT2D eigenvalue weighted by molar-refractivity contribution is -0.118. The molecule has 0 atom stereocenters. The normalized spacial score (nSPS) is 17.1. The average Bonchev–Trinajstić information content (AvgIpc) is 2.00. The van der Waals surface area contributed by atoms with Crippen molar-refractivity contribution in [3.8, 4) is 0 Å². The summed E-state index contributed by atoms with van der Waals surface area (Å²) in [6.07, 6.45) is 7.46. The molecular weight excluding hydrogens is 150 g/mol. The Bertz CT molecular complexity index is 132. The van der Waals surface area contributed by atoms with Crippen LogP contribution in [0.1, 0.15) is 39.0 Å². The van der Waals surface area contributed by atoms with Crippen LogP contribution < -0.4 is 0 Å². The minimum absolute atomic E-state index is 0.921. The van der Waals surface area contributed by atoms with Gasteiger partial charge in [0, 0.05) is 13.1 Å². The first-order chi connectivity index (χ1) is 5.86. The van der Waals surface area contributed by atoms with E-state index in [2.05, 4.69) is 6.92 Å². The van der Waals surface area contributed by atoms with Crippen LogP contribution in [-0.2, 0) is 4.79 Å². The van der Waals surface area contributed by atoms with Crippen molar-refractivity contribution in [2.45, 2.75) is 39.0 Å². The molecule has 2 nitrogen and oxygen atoms in total. The molecule has 70 valence electrons. The highest BCUT2D eigenvalue weighted by Gasteiger charge is 2.17. The van der Waals surface area contributed by atoms with Gasteiger partial charge in [-0.3, -0.25) is 4.79 Å². The van der Waals surface area contributed by atoms with Crippen LogP contribution in [0.15, 0.2) is 0 Å². The minimum atomic E-state index is 0.921. The van der Waals surface area contributed by atoms with E-state index in [1.165, 1.54) is 25.7 Å². The van der Waals surface area contributed by atoms with Crippen molar-refractivity contribution in [1.82, 2.24) is 4.90 Å². The summed E-state index contributed by atoms with van der Waals surface area (Å²) in [4.78, 5) is 12.4. The Morgan fingerprint density at radius 3 is 2.58 bits per heavy atom. The molecule has 0 spiro atoms. The van der Waals surface area contributed by atoms with Crippen molar-refractivity contribution in [2.75, 3.05) is 13.1 Å². The lowest BCUT2D eigenvalue weighted by Gasteiger charge is -2.27. The Kier molecular flexibility index (Phi) is 4.12. The van der Waals surface area contributed by atoms with Gasteiger partial charge in [0.05, 0.1) is 0 Å². The first-order valence-corrected chi connectivity index (χ1v) is 5.06. The van der Waals surface area contributed by atoms with E-state index in [1.54, 1.807) is 0 Å². The average molecular weight is 169 g/mol. The van der Waals surface area contributed by atoms with Gasteiger partial charge in [-0.05, 0) is 18.8 Å². The molecule has 1 saturated carbocycles. The molecule has 0 saturated heterocycles. The second kappa shape index (κ2) is 5.18. The Morgan fingerprint density at radius 1 is 1.42 bits per heavy atom. The van der Waals surface area contributed by atoms with Crippen molar-refractivity contribution in [1.29, 1.82) is 0 Å². The fraction of sp³-hybridized carbons (Fsp3) is 0.900. The number of rotatable bonds is 6. The van der Waals surface area contributed by atoms with Crippen LogP contribution in [0.25, 0.3) is 0 Å². The predicted octanol–water partition coefficient (Wildman–Crippen LogP) is 2.04. The van der Waals surface area contributed by atoms with Crippen molar-refractivity contribution >= 4 is 6.41 Å². The first-order valence-electron chi connectivity index (χ1n) is 5.06. The molecular formula is C10H19NO. The maximum atomic E-state index is 10.5. The van der Waals surface area contributed by atoms with Crippen LogP contribution in [0.4, 0.5) is 0 Å². The lowest BCUT2D eigenvalue weighted by atomic mass is 9.83. The SMILES string of the molecule is CCCN(C=O)CCC1CCC1. The highest BCUT2D eigenvalue weighted by Crippen LogP contribution is 2.29. The van der Waals surface area contributed by atoms with Gasteiger partial charge in [-0.1, -0.05) is 26.2 Å². The second-order valence-electron chi connectivity index (χ2n) is 3.73.